The van der Waals surface area contributed by atoms with Gasteiger partial charge < -0.3 is 10.1 Å². The van der Waals surface area contributed by atoms with Crippen molar-refractivity contribution in [1.29, 1.82) is 5.26 Å². The SMILES string of the molecule is Cc1cccc(COc2ccc(/C=C(\C#N)C(=O)Nc3ccc(C)c(C)c3)cc2Br)c1. The number of carbonyl (C=O) groups is 1. The number of halogens is 1. The number of carbonyl (C=O) groups excluding carboxylic acids is 1. The van der Waals surface area contributed by atoms with E-state index in [4.69, 9.17) is 4.74 Å². The van der Waals surface area contributed by atoms with E-state index < -0.39 is 5.91 Å². The zero-order valence-electron chi connectivity index (χ0n) is 17.7. The first kappa shape index (κ1) is 22.3. The number of nitrogens with zero attached hydrogens (tertiary/aromatic N) is 1. The van der Waals surface area contributed by atoms with Crippen LogP contribution >= 0.6 is 15.9 Å². The summed E-state index contributed by atoms with van der Waals surface area (Å²) in [5, 5.41) is 12.3. The van der Waals surface area contributed by atoms with Gasteiger partial charge in [0.2, 0.25) is 0 Å². The first-order chi connectivity index (χ1) is 14.9. The number of amides is 1. The van der Waals surface area contributed by atoms with E-state index in [1.165, 1.54) is 5.56 Å². The highest BCUT2D eigenvalue weighted by molar-refractivity contribution is 9.10. The fourth-order valence-electron chi connectivity index (χ4n) is 3.02. The zero-order valence-corrected chi connectivity index (χ0v) is 19.3. The highest BCUT2D eigenvalue weighted by Crippen LogP contribution is 2.28. The first-order valence-electron chi connectivity index (χ1n) is 9.84. The van der Waals surface area contributed by atoms with Gasteiger partial charge in [-0.15, -0.1) is 0 Å². The molecule has 1 N–H and O–H groups in total. The summed E-state index contributed by atoms with van der Waals surface area (Å²) in [5.74, 6) is 0.249. The van der Waals surface area contributed by atoms with Crippen molar-refractivity contribution in [2.45, 2.75) is 27.4 Å². The van der Waals surface area contributed by atoms with Crippen LogP contribution in [0.5, 0.6) is 5.75 Å². The summed E-state index contributed by atoms with van der Waals surface area (Å²) >= 11 is 3.51. The number of hydrogen-bond acceptors (Lipinski definition) is 3. The van der Waals surface area contributed by atoms with Crippen LogP contribution in [0.1, 0.15) is 27.8 Å². The van der Waals surface area contributed by atoms with Crippen molar-refractivity contribution >= 4 is 33.6 Å². The van der Waals surface area contributed by atoms with Gasteiger partial charge in [0, 0.05) is 5.69 Å². The van der Waals surface area contributed by atoms with Crippen molar-refractivity contribution in [2.24, 2.45) is 0 Å². The van der Waals surface area contributed by atoms with Crippen molar-refractivity contribution in [1.82, 2.24) is 0 Å². The average Bonchev–Trinajstić information content (AvgIpc) is 2.74. The van der Waals surface area contributed by atoms with Crippen LogP contribution in [0.2, 0.25) is 0 Å². The number of ether oxygens (including phenoxy) is 1. The van der Waals surface area contributed by atoms with Gasteiger partial charge in [-0.05, 0) is 89.3 Å². The molecule has 1 amide bonds. The molecule has 0 aliphatic rings. The van der Waals surface area contributed by atoms with E-state index in [1.54, 1.807) is 6.08 Å². The molecule has 0 aliphatic carbocycles. The maximum atomic E-state index is 12.5. The number of anilines is 1. The molecular weight excluding hydrogens is 452 g/mol. The predicted molar refractivity (Wildman–Crippen MR) is 128 cm³/mol. The molecule has 0 radical (unpaired) electrons. The van der Waals surface area contributed by atoms with Crippen LogP contribution in [-0.4, -0.2) is 5.91 Å². The Hall–Kier alpha value is -3.36. The number of rotatable bonds is 6. The monoisotopic (exact) mass is 474 g/mol. The van der Waals surface area contributed by atoms with Gasteiger partial charge in [0.15, 0.2) is 0 Å². The molecular formula is C26H23BrN2O2. The van der Waals surface area contributed by atoms with Crippen LogP contribution in [0, 0.1) is 32.1 Å². The van der Waals surface area contributed by atoms with Gasteiger partial charge in [-0.3, -0.25) is 4.79 Å². The summed E-state index contributed by atoms with van der Waals surface area (Å²) in [5.41, 5.74) is 5.90. The highest BCUT2D eigenvalue weighted by atomic mass is 79.9. The molecule has 0 heterocycles. The van der Waals surface area contributed by atoms with E-state index in [2.05, 4.69) is 27.3 Å². The number of nitrogens with one attached hydrogen (secondary N) is 1. The Labute approximate surface area is 191 Å². The number of hydrogen-bond donors (Lipinski definition) is 1. The van der Waals surface area contributed by atoms with Gasteiger partial charge in [-0.2, -0.15) is 5.26 Å². The minimum Gasteiger partial charge on any atom is -0.488 e. The van der Waals surface area contributed by atoms with Gasteiger partial charge in [0.25, 0.3) is 5.91 Å². The molecule has 31 heavy (non-hydrogen) atoms. The highest BCUT2D eigenvalue weighted by Gasteiger charge is 2.11. The number of nitriles is 1. The Morgan fingerprint density at radius 2 is 1.87 bits per heavy atom. The smallest absolute Gasteiger partial charge is 0.266 e. The van der Waals surface area contributed by atoms with Gasteiger partial charge >= 0.3 is 0 Å². The maximum absolute atomic E-state index is 12.5. The van der Waals surface area contributed by atoms with Gasteiger partial charge in [0.1, 0.15) is 24.0 Å². The van der Waals surface area contributed by atoms with Crippen LogP contribution in [0.15, 0.2) is 70.7 Å². The Kier molecular flexibility index (Phi) is 7.28. The molecule has 0 bridgehead atoms. The van der Waals surface area contributed by atoms with Crippen LogP contribution in [0.3, 0.4) is 0 Å². The summed E-state index contributed by atoms with van der Waals surface area (Å²) in [4.78, 5) is 12.5. The minimum atomic E-state index is -0.443. The summed E-state index contributed by atoms with van der Waals surface area (Å²) in [6.07, 6.45) is 1.56. The quantitative estimate of drug-likeness (QED) is 0.327. The van der Waals surface area contributed by atoms with E-state index in [0.717, 1.165) is 26.7 Å². The summed E-state index contributed by atoms with van der Waals surface area (Å²) in [7, 11) is 0. The number of aryl methyl sites for hydroxylation is 3. The second kappa shape index (κ2) is 10.1. The van der Waals surface area contributed by atoms with Crippen molar-refractivity contribution in [3.8, 4) is 11.8 Å². The summed E-state index contributed by atoms with van der Waals surface area (Å²) in [6.45, 7) is 6.49. The lowest BCUT2D eigenvalue weighted by atomic mass is 10.1. The topological polar surface area (TPSA) is 62.1 Å². The molecule has 0 saturated carbocycles. The summed E-state index contributed by atoms with van der Waals surface area (Å²) < 4.78 is 6.65. The van der Waals surface area contributed by atoms with Crippen LogP contribution < -0.4 is 10.1 Å². The van der Waals surface area contributed by atoms with E-state index in [9.17, 15) is 10.1 Å². The molecule has 0 aromatic heterocycles. The Morgan fingerprint density at radius 3 is 2.55 bits per heavy atom. The molecule has 0 atom stereocenters. The average molecular weight is 475 g/mol. The van der Waals surface area contributed by atoms with Gasteiger partial charge in [-0.1, -0.05) is 42.0 Å². The Bertz CT molecular complexity index is 1190. The molecule has 3 rings (SSSR count). The van der Waals surface area contributed by atoms with Crippen molar-refractivity contribution in [3.63, 3.8) is 0 Å². The third-order valence-electron chi connectivity index (χ3n) is 4.87. The Balaban J connectivity index is 1.71. The maximum Gasteiger partial charge on any atom is 0.266 e. The normalized spacial score (nSPS) is 11.0. The van der Waals surface area contributed by atoms with Crippen molar-refractivity contribution in [2.75, 3.05) is 5.32 Å². The van der Waals surface area contributed by atoms with E-state index in [1.807, 2.05) is 81.4 Å². The van der Waals surface area contributed by atoms with Crippen LogP contribution in [0.4, 0.5) is 5.69 Å². The fourth-order valence-corrected chi connectivity index (χ4v) is 3.53. The molecule has 5 heteroatoms. The molecule has 4 nitrogen and oxygen atoms in total. The standard InChI is InChI=1S/C26H23BrN2O2/c1-17-5-4-6-21(11-17)16-31-25-10-8-20(14-24(25)27)13-22(15-28)26(30)29-23-9-7-18(2)19(3)12-23/h4-14H,16H2,1-3H3,(H,29,30)/b22-13+. The lowest BCUT2D eigenvalue weighted by Gasteiger charge is -2.10. The molecule has 156 valence electrons. The lowest BCUT2D eigenvalue weighted by molar-refractivity contribution is -0.112. The van der Waals surface area contributed by atoms with Crippen LogP contribution in [-0.2, 0) is 11.4 Å². The largest absolute Gasteiger partial charge is 0.488 e. The molecule has 0 unspecified atom stereocenters. The molecule has 0 aliphatic heterocycles. The Morgan fingerprint density at radius 1 is 1.06 bits per heavy atom. The first-order valence-corrected chi connectivity index (χ1v) is 10.6. The van der Waals surface area contributed by atoms with Gasteiger partial charge in [-0.25, -0.2) is 0 Å². The second-order valence-electron chi connectivity index (χ2n) is 7.39. The van der Waals surface area contributed by atoms with Crippen molar-refractivity contribution in [3.05, 3.63) is 98.5 Å². The lowest BCUT2D eigenvalue weighted by Crippen LogP contribution is -2.13. The number of benzene rings is 3. The zero-order chi connectivity index (χ0) is 22.4. The predicted octanol–water partition coefficient (Wildman–Crippen LogP) is 6.50. The van der Waals surface area contributed by atoms with Gasteiger partial charge in [0.05, 0.1) is 4.47 Å². The third kappa shape index (κ3) is 6.07. The molecule has 3 aromatic carbocycles. The van der Waals surface area contributed by atoms with Crippen molar-refractivity contribution < 1.29 is 9.53 Å². The van der Waals surface area contributed by atoms with E-state index in [-0.39, 0.29) is 5.57 Å². The van der Waals surface area contributed by atoms with Crippen LogP contribution in [0.25, 0.3) is 6.08 Å². The third-order valence-corrected chi connectivity index (χ3v) is 5.49. The van der Waals surface area contributed by atoms with E-state index in [0.29, 0.717) is 18.0 Å². The second-order valence-corrected chi connectivity index (χ2v) is 8.24. The molecule has 3 aromatic rings. The summed E-state index contributed by atoms with van der Waals surface area (Å²) in [6, 6.07) is 21.2. The molecule has 0 fully saturated rings. The molecule has 0 spiro atoms. The fraction of sp³-hybridized carbons (Fsp3) is 0.154. The van der Waals surface area contributed by atoms with E-state index >= 15 is 0 Å². The molecule has 0 saturated heterocycles. The minimum absolute atomic E-state index is 0.0264.